The molecule has 0 saturated heterocycles. The van der Waals surface area contributed by atoms with Gasteiger partial charge in [-0.2, -0.15) is 0 Å². The highest BCUT2D eigenvalue weighted by molar-refractivity contribution is 7.89. The fourth-order valence-electron chi connectivity index (χ4n) is 5.74. The molecular formula is C35H33F2N5O4S. The third kappa shape index (κ3) is 6.44. The summed E-state index contributed by atoms with van der Waals surface area (Å²) in [6, 6.07) is 16.7. The molecule has 5 aromatic rings. The monoisotopic (exact) mass is 657 g/mol. The molecule has 0 unspecified atom stereocenters. The van der Waals surface area contributed by atoms with Gasteiger partial charge in [-0.3, -0.25) is 4.79 Å². The SMILES string of the molecule is Cc1c(NC(=O)c2ccc(C(C)(C)O)cc2F)cc(F)cc1-c1ncnc2c1cc(C1=CCNCC1)n2S(=O)(=O)Cc1ccccc1. The number of rotatable bonds is 8. The third-order valence-electron chi connectivity index (χ3n) is 8.21. The van der Waals surface area contributed by atoms with Crippen molar-refractivity contribution in [3.8, 4) is 11.3 Å². The zero-order valence-electron chi connectivity index (χ0n) is 26.0. The fourth-order valence-corrected chi connectivity index (χ4v) is 7.36. The molecule has 0 atom stereocenters. The highest BCUT2D eigenvalue weighted by atomic mass is 32.2. The van der Waals surface area contributed by atoms with Crippen LogP contribution in [-0.4, -0.2) is 46.5 Å². The van der Waals surface area contributed by atoms with E-state index in [1.54, 1.807) is 37.3 Å². The molecule has 6 rings (SSSR count). The average molecular weight is 658 g/mol. The van der Waals surface area contributed by atoms with Crippen molar-refractivity contribution >= 4 is 38.2 Å². The Kier molecular flexibility index (Phi) is 8.51. The van der Waals surface area contributed by atoms with Crippen LogP contribution < -0.4 is 10.6 Å². The van der Waals surface area contributed by atoms with Crippen LogP contribution in [0.25, 0.3) is 27.9 Å². The first-order valence-electron chi connectivity index (χ1n) is 15.0. The van der Waals surface area contributed by atoms with Crippen molar-refractivity contribution in [2.24, 2.45) is 0 Å². The molecule has 0 fully saturated rings. The molecule has 3 aromatic carbocycles. The number of carbonyl (C=O) groups excluding carboxylic acids is 1. The van der Waals surface area contributed by atoms with Crippen molar-refractivity contribution in [2.75, 3.05) is 18.4 Å². The summed E-state index contributed by atoms with van der Waals surface area (Å²) in [6.45, 7) is 5.90. The van der Waals surface area contributed by atoms with Crippen molar-refractivity contribution in [3.05, 3.63) is 119 Å². The van der Waals surface area contributed by atoms with Gasteiger partial charge in [0, 0.05) is 23.2 Å². The molecule has 1 aliphatic heterocycles. The topological polar surface area (TPSA) is 126 Å². The van der Waals surface area contributed by atoms with E-state index in [0.717, 1.165) is 17.7 Å². The number of anilines is 1. The number of benzene rings is 3. The molecule has 1 aliphatic rings. The molecule has 9 nitrogen and oxygen atoms in total. The van der Waals surface area contributed by atoms with Crippen molar-refractivity contribution < 1.29 is 27.1 Å². The van der Waals surface area contributed by atoms with E-state index in [0.29, 0.717) is 52.8 Å². The number of nitrogens with zero attached hydrogens (tertiary/aromatic N) is 3. The molecule has 0 radical (unpaired) electrons. The van der Waals surface area contributed by atoms with Crippen LogP contribution in [0, 0.1) is 18.6 Å². The molecule has 0 aliphatic carbocycles. The number of halogens is 2. The lowest BCUT2D eigenvalue weighted by Gasteiger charge is -2.18. The number of hydrogen-bond donors (Lipinski definition) is 3. The number of aliphatic hydroxyl groups is 1. The minimum absolute atomic E-state index is 0.0835. The van der Waals surface area contributed by atoms with E-state index in [9.17, 15) is 22.7 Å². The lowest BCUT2D eigenvalue weighted by Crippen LogP contribution is -2.23. The summed E-state index contributed by atoms with van der Waals surface area (Å²) < 4.78 is 59.4. The second-order valence-corrected chi connectivity index (χ2v) is 13.8. The molecule has 12 heteroatoms. The minimum Gasteiger partial charge on any atom is -0.386 e. The first kappa shape index (κ1) is 32.2. The van der Waals surface area contributed by atoms with E-state index in [4.69, 9.17) is 0 Å². The van der Waals surface area contributed by atoms with Gasteiger partial charge in [0.1, 0.15) is 18.0 Å². The summed E-state index contributed by atoms with van der Waals surface area (Å²) in [5.74, 6) is -2.61. The Bertz CT molecular complexity index is 2160. The summed E-state index contributed by atoms with van der Waals surface area (Å²) in [7, 11) is -3.98. The standard InChI is InChI=1S/C35H33F2N5O4S/c1-21-27(16-25(36)17-30(21)41-34(43)26-10-9-24(15-29(26)37)35(2,3)44)32-28-18-31(23-11-13-38-14-12-23)42(33(28)40-20-39-32)47(45,46)19-22-7-5-4-6-8-22/h4-11,15-18,20,38,44H,12-14,19H2,1-3H3,(H,41,43). The molecule has 0 saturated carbocycles. The van der Waals surface area contributed by atoms with Gasteiger partial charge < -0.3 is 15.7 Å². The van der Waals surface area contributed by atoms with Crippen molar-refractivity contribution in [3.63, 3.8) is 0 Å². The molecule has 2 aromatic heterocycles. The lowest BCUT2D eigenvalue weighted by atomic mass is 9.96. The van der Waals surface area contributed by atoms with Gasteiger partial charge in [-0.25, -0.2) is 31.1 Å². The van der Waals surface area contributed by atoms with E-state index < -0.39 is 33.2 Å². The zero-order valence-corrected chi connectivity index (χ0v) is 26.8. The molecule has 1 amide bonds. The summed E-state index contributed by atoms with van der Waals surface area (Å²) in [5, 5.41) is 16.4. The van der Waals surface area contributed by atoms with Crippen LogP contribution in [-0.2, 0) is 21.4 Å². The molecule has 3 heterocycles. The van der Waals surface area contributed by atoms with Crippen LogP contribution in [0.5, 0.6) is 0 Å². The Morgan fingerprint density at radius 3 is 2.51 bits per heavy atom. The van der Waals surface area contributed by atoms with E-state index >= 15 is 4.39 Å². The maximum atomic E-state index is 15.2. The van der Waals surface area contributed by atoms with Gasteiger partial charge in [0.05, 0.1) is 28.3 Å². The first-order valence-corrected chi connectivity index (χ1v) is 16.6. The van der Waals surface area contributed by atoms with Gasteiger partial charge in [0.15, 0.2) is 5.65 Å². The van der Waals surface area contributed by atoms with Gasteiger partial charge in [-0.05, 0) is 86.3 Å². The highest BCUT2D eigenvalue weighted by Gasteiger charge is 2.28. The highest BCUT2D eigenvalue weighted by Crippen LogP contribution is 2.37. The number of nitrogens with one attached hydrogen (secondary N) is 2. The number of carbonyl (C=O) groups is 1. The van der Waals surface area contributed by atoms with Gasteiger partial charge in [-0.15, -0.1) is 0 Å². The molecule has 242 valence electrons. The van der Waals surface area contributed by atoms with Crippen LogP contribution in [0.1, 0.15) is 53.0 Å². The Balaban J connectivity index is 1.46. The maximum absolute atomic E-state index is 15.2. The second kappa shape index (κ2) is 12.4. The number of amides is 1. The van der Waals surface area contributed by atoms with Gasteiger partial charge in [0.25, 0.3) is 5.91 Å². The zero-order chi connectivity index (χ0) is 33.5. The predicted octanol–water partition coefficient (Wildman–Crippen LogP) is 5.92. The van der Waals surface area contributed by atoms with E-state index in [1.165, 1.54) is 42.3 Å². The smallest absolute Gasteiger partial charge is 0.258 e. The number of aromatic nitrogens is 3. The van der Waals surface area contributed by atoms with E-state index in [-0.39, 0.29) is 28.3 Å². The second-order valence-electron chi connectivity index (χ2n) is 12.0. The maximum Gasteiger partial charge on any atom is 0.258 e. The molecule has 47 heavy (non-hydrogen) atoms. The lowest BCUT2D eigenvalue weighted by molar-refractivity contribution is 0.0780. The van der Waals surface area contributed by atoms with Crippen LogP contribution >= 0.6 is 0 Å². The predicted molar refractivity (Wildman–Crippen MR) is 177 cm³/mol. The Morgan fingerprint density at radius 1 is 1.06 bits per heavy atom. The normalized spacial score (nSPS) is 13.9. The number of hydrogen-bond acceptors (Lipinski definition) is 7. The Morgan fingerprint density at radius 2 is 1.83 bits per heavy atom. The fraction of sp³-hybridized carbons (Fsp3) is 0.229. The van der Waals surface area contributed by atoms with Crippen molar-refractivity contribution in [2.45, 2.75) is 38.5 Å². The van der Waals surface area contributed by atoms with Gasteiger partial charge in [0.2, 0.25) is 10.0 Å². The van der Waals surface area contributed by atoms with Crippen LogP contribution in [0.3, 0.4) is 0 Å². The molecule has 0 bridgehead atoms. The molecular weight excluding hydrogens is 624 g/mol. The van der Waals surface area contributed by atoms with Crippen LogP contribution in [0.2, 0.25) is 0 Å². The largest absolute Gasteiger partial charge is 0.386 e. The van der Waals surface area contributed by atoms with Gasteiger partial charge in [-0.1, -0.05) is 42.5 Å². The summed E-state index contributed by atoms with van der Waals surface area (Å²) in [4.78, 5) is 22.0. The minimum atomic E-state index is -3.98. The third-order valence-corrected chi connectivity index (χ3v) is 9.84. The summed E-state index contributed by atoms with van der Waals surface area (Å²) >= 11 is 0. The molecule has 0 spiro atoms. The number of fused-ring (bicyclic) bond motifs is 1. The van der Waals surface area contributed by atoms with Gasteiger partial charge >= 0.3 is 0 Å². The first-order chi connectivity index (χ1) is 22.3. The van der Waals surface area contributed by atoms with Crippen LogP contribution in [0.15, 0.2) is 79.1 Å². The summed E-state index contributed by atoms with van der Waals surface area (Å²) in [5.41, 5.74) is 1.81. The molecule has 3 N–H and O–H groups in total. The van der Waals surface area contributed by atoms with Crippen molar-refractivity contribution in [1.29, 1.82) is 0 Å². The van der Waals surface area contributed by atoms with Crippen LogP contribution in [0.4, 0.5) is 14.5 Å². The Labute approximate surface area is 271 Å². The Hall–Kier alpha value is -4.78. The average Bonchev–Trinajstić information content (AvgIpc) is 3.44. The van der Waals surface area contributed by atoms with E-state index in [2.05, 4.69) is 20.6 Å². The van der Waals surface area contributed by atoms with Crippen molar-refractivity contribution in [1.82, 2.24) is 19.3 Å². The van der Waals surface area contributed by atoms with E-state index in [1.807, 2.05) is 12.1 Å². The summed E-state index contributed by atoms with van der Waals surface area (Å²) in [6.07, 6.45) is 3.76. The quantitative estimate of drug-likeness (QED) is 0.189.